The lowest BCUT2D eigenvalue weighted by atomic mass is 9.88. The molecule has 7 aliphatic heterocycles. The summed E-state index contributed by atoms with van der Waals surface area (Å²) in [5.41, 5.74) is 0. The van der Waals surface area contributed by atoms with Gasteiger partial charge in [-0.15, -0.1) is 0 Å². The first-order valence-electron chi connectivity index (χ1n) is 32.2. The summed E-state index contributed by atoms with van der Waals surface area (Å²) in [6.45, 7) is -5.90. The molecule has 0 aromatic carbocycles. The van der Waals surface area contributed by atoms with E-state index in [-0.39, 0.29) is 0 Å². The van der Waals surface area contributed by atoms with Crippen LogP contribution >= 0.6 is 0 Å². The number of aliphatic hydroxyl groups is 17. The molecule has 0 spiro atoms. The molecule has 52 nitrogen and oxygen atoms in total. The molecule has 0 unspecified atom stereocenters. The van der Waals surface area contributed by atoms with Crippen LogP contribution in [0.2, 0.25) is 0 Å². The average Bonchev–Trinajstić information content (AvgIpc) is 0.756. The van der Waals surface area contributed by atoms with Gasteiger partial charge in [0.1, 0.15) is 165 Å². The Morgan fingerprint density at radius 3 is 1.14 bits per heavy atom. The lowest BCUT2D eigenvalue weighted by Crippen LogP contribution is -2.71. The first kappa shape index (κ1) is 90.9. The topological polar surface area (TPSA) is 808 Å². The highest BCUT2D eigenvalue weighted by molar-refractivity contribution is 7.81. The summed E-state index contributed by atoms with van der Waals surface area (Å²) in [6, 6.07) is -7.90. The smallest absolute Gasteiger partial charge is 0.397 e. The van der Waals surface area contributed by atoms with E-state index in [0.717, 1.165) is 27.7 Å². The van der Waals surface area contributed by atoms with Crippen molar-refractivity contribution in [1.82, 2.24) is 21.3 Å². The van der Waals surface area contributed by atoms with Crippen molar-refractivity contribution in [2.75, 3.05) is 46.2 Å². The van der Waals surface area contributed by atoms with Crippen LogP contribution in [0, 0.1) is 0 Å². The summed E-state index contributed by atoms with van der Waals surface area (Å²) in [5.74, 6) is -9.79. The van der Waals surface area contributed by atoms with E-state index >= 15 is 0 Å². The molecule has 0 radical (unpaired) electrons. The number of carbonyl (C=O) groups excluding carboxylic acids is 4. The van der Waals surface area contributed by atoms with Crippen LogP contribution in [-0.4, -0.2) is 427 Å². The Bertz CT molecular complexity index is 3360. The minimum absolute atomic E-state index is 0.751. The number of hydrogen-bond donors (Lipinski definition) is 25. The van der Waals surface area contributed by atoms with Gasteiger partial charge in [0, 0.05) is 34.1 Å². The summed E-state index contributed by atoms with van der Waals surface area (Å²) in [4.78, 5) is 63.4. The van der Waals surface area contributed by atoms with E-state index in [1.807, 2.05) is 0 Å². The highest BCUT2D eigenvalue weighted by atomic mass is 32.3. The molecule has 4 amide bonds. The van der Waals surface area contributed by atoms with E-state index in [1.165, 1.54) is 0 Å². The lowest BCUT2D eigenvalue weighted by Gasteiger charge is -2.51. The van der Waals surface area contributed by atoms with Crippen molar-refractivity contribution in [2.24, 2.45) is 0 Å². The van der Waals surface area contributed by atoms with Gasteiger partial charge in [-0.05, 0) is 0 Å². The predicted molar refractivity (Wildman–Crippen MR) is 327 cm³/mol. The molecule has 0 aromatic heterocycles. The van der Waals surface area contributed by atoms with Gasteiger partial charge < -0.3 is 175 Å². The van der Waals surface area contributed by atoms with Crippen LogP contribution < -0.4 is 21.3 Å². The van der Waals surface area contributed by atoms with Gasteiger partial charge in [0.05, 0.1) is 58.4 Å². The van der Waals surface area contributed by atoms with Crippen molar-refractivity contribution >= 4 is 60.8 Å². The van der Waals surface area contributed by atoms with E-state index in [4.69, 9.17) is 61.6 Å². The number of rotatable bonds is 32. The Labute approximate surface area is 609 Å². The van der Waals surface area contributed by atoms with Crippen LogP contribution in [0.15, 0.2) is 0 Å². The zero-order chi connectivity index (χ0) is 80.9. The van der Waals surface area contributed by atoms with Gasteiger partial charge in [-0.1, -0.05) is 0 Å². The third-order valence-corrected chi connectivity index (χ3v) is 19.0. The maximum Gasteiger partial charge on any atom is 0.397 e. The Kier molecular flexibility index (Phi) is 31.8. The van der Waals surface area contributed by atoms with Crippen LogP contribution in [-0.2, 0) is 129 Å². The number of carbonyl (C=O) groups is 5. The number of carboxylic acids is 1. The van der Waals surface area contributed by atoms with Crippen molar-refractivity contribution in [3.8, 4) is 0 Å². The number of ether oxygens (including phenoxy) is 13. The fourth-order valence-electron chi connectivity index (χ4n) is 12.7. The minimum Gasteiger partial charge on any atom is -0.477 e. The number of aliphatic carboxylic acids is 1. The first-order chi connectivity index (χ1) is 50.2. The molecule has 108 heavy (non-hydrogen) atoms. The Hall–Kier alpha value is -4.24. The summed E-state index contributed by atoms with van der Waals surface area (Å²) in [5, 5.41) is 210. The Balaban J connectivity index is 1.20. The van der Waals surface area contributed by atoms with Gasteiger partial charge >= 0.3 is 37.2 Å². The highest BCUT2D eigenvalue weighted by Crippen LogP contribution is 2.41. The van der Waals surface area contributed by atoms with Crippen LogP contribution in [0.5, 0.6) is 0 Å². The number of nitrogens with one attached hydrogen (secondary N) is 4. The SMILES string of the molecule is CC(=O)N[C@@H]1[C@@H](O)[C@H](O[C@@H]2O[C@H](CO)[C@H](O)[C@H](O[C@@H]3O[C@H](CO)[C@@H](O[C@@H]4O[C@H](COS(=O)(=O)O)[C@H](O)[C@H](O[C@@H]5O[C@H](COS(=O)(=O)O)[C@@H](O[C@@H]6O[C@H](COS(=O)(=O)O)[C@H](O)[C@H](O[C@]7(C(=O)O)C[C@H](O)[C@@H](NC(C)=O)[C@H]([C@H](O)[C@H](O)CO)O7)[C@H]6O)[C@H](O)[C@H]5NC(C)=O)[C@H]4O)[C@H](O)[C@H]3NC(C)=O)[C@H]2O)[C@@H](CO)O[C@H]1O. The highest BCUT2D eigenvalue weighted by Gasteiger charge is 2.63. The molecule has 7 heterocycles. The maximum absolute atomic E-state index is 13.3. The molecule has 7 aliphatic rings. The second kappa shape index (κ2) is 37.8. The molecule has 7 fully saturated rings. The second-order valence-electron chi connectivity index (χ2n) is 25.5. The molecule has 0 aromatic rings. The van der Waals surface area contributed by atoms with Crippen molar-refractivity contribution in [3.63, 3.8) is 0 Å². The van der Waals surface area contributed by atoms with E-state index in [1.54, 1.807) is 0 Å². The van der Waals surface area contributed by atoms with E-state index in [0.29, 0.717) is 0 Å². The normalized spacial score (nSPS) is 42.7. The molecule has 25 N–H and O–H groups in total. The van der Waals surface area contributed by atoms with E-state index in [2.05, 4.69) is 33.8 Å². The Morgan fingerprint density at radius 2 is 0.741 bits per heavy atom. The maximum atomic E-state index is 13.3. The number of amides is 4. The number of aliphatic hydroxyl groups excluding tert-OH is 17. The zero-order valence-electron chi connectivity index (χ0n) is 56.5. The second-order valence-corrected chi connectivity index (χ2v) is 28.8. The predicted octanol–water partition coefficient (Wildman–Crippen LogP) is -17.0. The zero-order valence-corrected chi connectivity index (χ0v) is 59.0. The minimum atomic E-state index is -5.69. The summed E-state index contributed by atoms with van der Waals surface area (Å²) in [6.07, 6.45) is -73.7. The van der Waals surface area contributed by atoms with Gasteiger partial charge in [-0.25, -0.2) is 17.3 Å². The van der Waals surface area contributed by atoms with Crippen LogP contribution in [0.3, 0.4) is 0 Å². The summed E-state index contributed by atoms with van der Waals surface area (Å²) < 4.78 is 189. The molecule has 626 valence electrons. The largest absolute Gasteiger partial charge is 0.477 e. The molecular formula is C53H88N4O48S3. The lowest BCUT2D eigenvalue weighted by molar-refractivity contribution is -0.390. The van der Waals surface area contributed by atoms with Crippen LogP contribution in [0.1, 0.15) is 34.1 Å². The van der Waals surface area contributed by atoms with Gasteiger partial charge in [0.2, 0.25) is 23.6 Å². The Morgan fingerprint density at radius 1 is 0.417 bits per heavy atom. The van der Waals surface area contributed by atoms with Crippen molar-refractivity contribution in [3.05, 3.63) is 0 Å². The molecule has 55 heteroatoms. The monoisotopic (exact) mass is 1640 g/mol. The molecule has 7 rings (SSSR count). The molecule has 0 bridgehead atoms. The van der Waals surface area contributed by atoms with Crippen molar-refractivity contribution in [2.45, 2.75) is 254 Å². The number of hydrogen-bond acceptors (Lipinski definition) is 44. The van der Waals surface area contributed by atoms with Crippen LogP contribution in [0.25, 0.3) is 0 Å². The molecular weight excluding hydrogens is 1560 g/mol. The molecule has 36 atom stereocenters. The van der Waals surface area contributed by atoms with Gasteiger partial charge in [0.15, 0.2) is 37.7 Å². The quantitative estimate of drug-likeness (QED) is 0.0278. The van der Waals surface area contributed by atoms with E-state index in [9.17, 15) is 155 Å². The third kappa shape index (κ3) is 22.4. The van der Waals surface area contributed by atoms with Crippen LogP contribution in [0.4, 0.5) is 0 Å². The fourth-order valence-corrected chi connectivity index (χ4v) is 13.7. The molecule has 0 saturated carbocycles. The first-order valence-corrected chi connectivity index (χ1v) is 36.3. The van der Waals surface area contributed by atoms with Crippen molar-refractivity contribution < 1.29 is 229 Å². The number of carboxylic acid groups (broad SMARTS) is 1. The van der Waals surface area contributed by atoms with Crippen molar-refractivity contribution in [1.29, 1.82) is 0 Å². The van der Waals surface area contributed by atoms with Gasteiger partial charge in [-0.2, -0.15) is 25.3 Å². The van der Waals surface area contributed by atoms with Gasteiger partial charge in [-0.3, -0.25) is 32.8 Å². The summed E-state index contributed by atoms with van der Waals surface area (Å²) >= 11 is 0. The fraction of sp³-hybridized carbons (Fsp3) is 0.906. The molecule has 0 aliphatic carbocycles. The average molecular weight is 1650 g/mol. The standard InChI is InChI=1S/C53H88N4O48S3/c1-13(62)54-25-17(66)5-53(52(79)80,104-42(25)29(68)18(67)6-58)105-45-32(71)23(11-91-107(84,85)86)97-51(38(45)77)101-41-24(12-92-108(87,88)89)98-48(28(35(41)74)57-16(4)65)103-44-31(70)22(10-90-106(81,82)83)96-50(37(44)76)100-40-21(9-61)95-47(27(34(40)73)56-15(3)64)102-43-30(69)19(7-59)94-49(36(43)75)99-39-20(8-60)93-46(78)26(33(39)72)55-14(2)63/h17-51,58-61,66-78H,5-12H2,1-4H3,(H,54,62)(H,55,63)(H,56,64)(H,57,65)(H,79,80)(H,81,82,83)(H,84,85,86)(H,87,88,89)/t17-,18+,19+,20+,21+,22+,23+,24+,25+,26+,27+,28+,29+,30-,31-,32-,33+,34+,35+,36+,37+,38+,39+,40+,41+,42+,43-,44-,45-,46+,47-,48-,49-,50-,51-,53-/m0/s1. The van der Waals surface area contributed by atoms with E-state index < -0.39 is 334 Å². The molecule has 7 saturated heterocycles. The third-order valence-electron chi connectivity index (χ3n) is 17.7. The van der Waals surface area contributed by atoms with Gasteiger partial charge in [0.25, 0.3) is 5.79 Å². The summed E-state index contributed by atoms with van der Waals surface area (Å²) in [7, 11) is -16.8.